The Morgan fingerprint density at radius 2 is 2.11 bits per heavy atom. The van der Waals surface area contributed by atoms with Crippen LogP contribution in [0.25, 0.3) is 0 Å². The number of nitrogens with zero attached hydrogens (tertiary/aromatic N) is 2. The Kier molecular flexibility index (Phi) is 6.87. The highest BCUT2D eigenvalue weighted by atomic mass is 16.5. The monoisotopic (exact) mass is 269 g/mol. The smallest absolute Gasteiger partial charge is 0.297 e. The van der Waals surface area contributed by atoms with Crippen LogP contribution >= 0.6 is 0 Å². The molecular weight excluding hydrogens is 242 g/mol. The third kappa shape index (κ3) is 6.59. The molecule has 0 unspecified atom stereocenters. The summed E-state index contributed by atoms with van der Waals surface area (Å²) in [6, 6.07) is 0.647. The topological polar surface area (TPSA) is 50.5 Å². The summed E-state index contributed by atoms with van der Waals surface area (Å²) in [5.41, 5.74) is 0.937. The van der Waals surface area contributed by atoms with E-state index in [4.69, 9.17) is 9.15 Å². The lowest BCUT2D eigenvalue weighted by molar-refractivity contribution is 0.0841. The molecule has 1 aromatic heterocycles. The number of anilines is 1. The summed E-state index contributed by atoms with van der Waals surface area (Å²) < 4.78 is 11.0. The molecule has 110 valence electrons. The number of ether oxygens (including phenoxy) is 1. The van der Waals surface area contributed by atoms with Crippen molar-refractivity contribution in [2.75, 3.05) is 31.6 Å². The van der Waals surface area contributed by atoms with Gasteiger partial charge in [-0.3, -0.25) is 0 Å². The number of likely N-dealkylation sites (N-methyl/N-ethyl adjacent to an activating group) is 1. The molecule has 0 saturated carbocycles. The van der Waals surface area contributed by atoms with Gasteiger partial charge in [0.05, 0.1) is 18.4 Å². The molecule has 0 aromatic carbocycles. The van der Waals surface area contributed by atoms with Crippen LogP contribution in [0.15, 0.2) is 10.7 Å². The summed E-state index contributed by atoms with van der Waals surface area (Å²) in [6.07, 6.45) is 1.97. The second-order valence-corrected chi connectivity index (χ2v) is 5.49. The van der Waals surface area contributed by atoms with Crippen LogP contribution in [-0.4, -0.2) is 37.8 Å². The van der Waals surface area contributed by atoms with Gasteiger partial charge < -0.3 is 19.4 Å². The van der Waals surface area contributed by atoms with E-state index in [0.29, 0.717) is 18.5 Å². The summed E-state index contributed by atoms with van der Waals surface area (Å²) in [5, 5.41) is 3.35. The van der Waals surface area contributed by atoms with E-state index in [-0.39, 0.29) is 6.10 Å². The highest BCUT2D eigenvalue weighted by molar-refractivity contribution is 5.25. The maximum atomic E-state index is 5.51. The lowest BCUT2D eigenvalue weighted by atomic mass is 10.2. The molecule has 0 aliphatic rings. The van der Waals surface area contributed by atoms with Gasteiger partial charge in [-0.15, -0.1) is 0 Å². The van der Waals surface area contributed by atoms with Crippen molar-refractivity contribution in [1.29, 1.82) is 0 Å². The molecule has 0 atom stereocenters. The quantitative estimate of drug-likeness (QED) is 0.745. The Hall–Kier alpha value is -1.07. The van der Waals surface area contributed by atoms with E-state index in [9.17, 15) is 0 Å². The van der Waals surface area contributed by atoms with Crippen LogP contribution in [0, 0.1) is 5.92 Å². The SMILES string of the molecule is CC(C)CNCc1coc(N(C)CCOC(C)C)n1. The van der Waals surface area contributed by atoms with Crippen LogP contribution < -0.4 is 10.2 Å². The zero-order valence-electron chi connectivity index (χ0n) is 12.8. The minimum atomic E-state index is 0.258. The fraction of sp³-hybridized carbons (Fsp3) is 0.786. The standard InChI is InChI=1S/C14H27N3O2/c1-11(2)8-15-9-13-10-19-14(16-13)17(5)6-7-18-12(3)4/h10-12,15H,6-9H2,1-5H3. The number of hydrogen-bond acceptors (Lipinski definition) is 5. The average molecular weight is 269 g/mol. The van der Waals surface area contributed by atoms with Gasteiger partial charge in [0.2, 0.25) is 0 Å². The summed E-state index contributed by atoms with van der Waals surface area (Å²) in [5.74, 6) is 0.641. The molecule has 1 N–H and O–H groups in total. The minimum absolute atomic E-state index is 0.258. The molecule has 0 amide bonds. The fourth-order valence-electron chi connectivity index (χ4n) is 1.56. The molecule has 0 saturated heterocycles. The molecule has 5 nitrogen and oxygen atoms in total. The molecule has 0 aliphatic carbocycles. The lowest BCUT2D eigenvalue weighted by Crippen LogP contribution is -2.24. The van der Waals surface area contributed by atoms with Gasteiger partial charge >= 0.3 is 0 Å². The highest BCUT2D eigenvalue weighted by Crippen LogP contribution is 2.11. The van der Waals surface area contributed by atoms with Crippen LogP contribution in [0.2, 0.25) is 0 Å². The zero-order valence-corrected chi connectivity index (χ0v) is 12.8. The van der Waals surface area contributed by atoms with E-state index >= 15 is 0 Å². The average Bonchev–Trinajstić information content (AvgIpc) is 2.76. The predicted octanol–water partition coefficient (Wildman–Crippen LogP) is 2.28. The summed E-state index contributed by atoms with van der Waals surface area (Å²) in [7, 11) is 1.96. The number of oxazole rings is 1. The normalized spacial score (nSPS) is 11.5. The molecule has 19 heavy (non-hydrogen) atoms. The molecule has 0 aliphatic heterocycles. The highest BCUT2D eigenvalue weighted by Gasteiger charge is 2.09. The molecule has 0 spiro atoms. The van der Waals surface area contributed by atoms with Crippen LogP contribution in [0.4, 0.5) is 6.01 Å². The van der Waals surface area contributed by atoms with Crippen LogP contribution in [0.1, 0.15) is 33.4 Å². The van der Waals surface area contributed by atoms with Crippen molar-refractivity contribution in [2.45, 2.75) is 40.3 Å². The van der Waals surface area contributed by atoms with Gasteiger partial charge in [0.15, 0.2) is 0 Å². The zero-order chi connectivity index (χ0) is 14.3. The maximum absolute atomic E-state index is 5.51. The molecule has 1 heterocycles. The van der Waals surface area contributed by atoms with Gasteiger partial charge in [-0.1, -0.05) is 13.8 Å². The molecule has 0 fully saturated rings. The van der Waals surface area contributed by atoms with E-state index in [2.05, 4.69) is 24.1 Å². The van der Waals surface area contributed by atoms with E-state index in [0.717, 1.165) is 25.3 Å². The molecule has 0 radical (unpaired) electrons. The van der Waals surface area contributed by atoms with Gasteiger partial charge in [-0.25, -0.2) is 0 Å². The molecule has 1 rings (SSSR count). The fourth-order valence-corrected chi connectivity index (χ4v) is 1.56. The van der Waals surface area contributed by atoms with Crippen molar-refractivity contribution in [1.82, 2.24) is 10.3 Å². The lowest BCUT2D eigenvalue weighted by Gasteiger charge is -2.15. The molecule has 5 heteroatoms. The second kappa shape index (κ2) is 8.17. The third-order valence-corrected chi connectivity index (χ3v) is 2.60. The third-order valence-electron chi connectivity index (χ3n) is 2.60. The summed E-state index contributed by atoms with van der Waals surface area (Å²) in [4.78, 5) is 6.41. The molecular formula is C14H27N3O2. The first-order chi connectivity index (χ1) is 8.99. The van der Waals surface area contributed by atoms with E-state index in [1.165, 1.54) is 0 Å². The number of nitrogens with one attached hydrogen (secondary N) is 1. The van der Waals surface area contributed by atoms with Gasteiger partial charge in [0, 0.05) is 20.1 Å². The van der Waals surface area contributed by atoms with Crippen molar-refractivity contribution in [3.05, 3.63) is 12.0 Å². The van der Waals surface area contributed by atoms with Gasteiger partial charge in [-0.05, 0) is 26.3 Å². The first kappa shape index (κ1) is 16.0. The van der Waals surface area contributed by atoms with Gasteiger partial charge in [0.25, 0.3) is 6.01 Å². The Labute approximate surface area is 116 Å². The van der Waals surface area contributed by atoms with Crippen molar-refractivity contribution in [3.8, 4) is 0 Å². The maximum Gasteiger partial charge on any atom is 0.297 e. The first-order valence-corrected chi connectivity index (χ1v) is 6.97. The van der Waals surface area contributed by atoms with E-state index < -0.39 is 0 Å². The van der Waals surface area contributed by atoms with Crippen molar-refractivity contribution < 1.29 is 9.15 Å². The predicted molar refractivity (Wildman–Crippen MR) is 77.4 cm³/mol. The summed E-state index contributed by atoms with van der Waals surface area (Å²) in [6.45, 7) is 11.6. The van der Waals surface area contributed by atoms with Crippen LogP contribution in [-0.2, 0) is 11.3 Å². The van der Waals surface area contributed by atoms with Crippen molar-refractivity contribution in [2.24, 2.45) is 5.92 Å². The number of hydrogen-bond donors (Lipinski definition) is 1. The Bertz CT molecular complexity index is 350. The Morgan fingerprint density at radius 3 is 2.74 bits per heavy atom. The van der Waals surface area contributed by atoms with Gasteiger partial charge in [-0.2, -0.15) is 4.98 Å². The van der Waals surface area contributed by atoms with Crippen LogP contribution in [0.5, 0.6) is 0 Å². The molecule has 1 aromatic rings. The second-order valence-electron chi connectivity index (χ2n) is 5.49. The van der Waals surface area contributed by atoms with E-state index in [1.54, 1.807) is 6.26 Å². The van der Waals surface area contributed by atoms with Crippen LogP contribution in [0.3, 0.4) is 0 Å². The van der Waals surface area contributed by atoms with E-state index in [1.807, 2.05) is 25.8 Å². The largest absolute Gasteiger partial charge is 0.432 e. The molecule has 0 bridgehead atoms. The number of rotatable bonds is 9. The Morgan fingerprint density at radius 1 is 1.37 bits per heavy atom. The van der Waals surface area contributed by atoms with Crippen molar-refractivity contribution in [3.63, 3.8) is 0 Å². The summed E-state index contributed by atoms with van der Waals surface area (Å²) >= 11 is 0. The van der Waals surface area contributed by atoms with Crippen molar-refractivity contribution >= 4 is 6.01 Å². The van der Waals surface area contributed by atoms with Gasteiger partial charge in [0.1, 0.15) is 6.26 Å². The number of aromatic nitrogens is 1. The Balaban J connectivity index is 2.32. The first-order valence-electron chi connectivity index (χ1n) is 6.97. The minimum Gasteiger partial charge on any atom is -0.432 e.